The molecule has 1 rings (SSSR count). The van der Waals surface area contributed by atoms with Crippen LogP contribution >= 0.6 is 0 Å². The molecular weight excluding hydrogens is 306 g/mol. The Balaban J connectivity index is 2.60. The van der Waals surface area contributed by atoms with E-state index in [4.69, 9.17) is 0 Å². The van der Waals surface area contributed by atoms with Gasteiger partial charge in [-0.3, -0.25) is 19.4 Å². The monoisotopic (exact) mass is 335 g/mol. The van der Waals surface area contributed by atoms with E-state index in [0.717, 1.165) is 26.2 Å². The second kappa shape index (κ2) is 10.7. The van der Waals surface area contributed by atoms with Gasteiger partial charge in [0.2, 0.25) is 11.8 Å². The van der Waals surface area contributed by atoms with E-state index in [1.807, 2.05) is 37.5 Å². The molecule has 0 atom stereocenters. The average molecular weight is 335 g/mol. The number of likely N-dealkylation sites (N-methyl/N-ethyl adjacent to an activating group) is 2. The highest BCUT2D eigenvalue weighted by atomic mass is 16.2. The molecule has 0 radical (unpaired) electrons. The van der Waals surface area contributed by atoms with Crippen molar-refractivity contribution in [3.05, 3.63) is 18.2 Å². The molecule has 0 fully saturated rings. The van der Waals surface area contributed by atoms with E-state index in [1.165, 1.54) is 0 Å². The lowest BCUT2D eigenvalue weighted by Crippen LogP contribution is -2.33. The molecule has 1 aromatic rings. The number of hydrogen-bond acceptors (Lipinski definition) is 5. The van der Waals surface area contributed by atoms with Crippen LogP contribution in [0.2, 0.25) is 0 Å². The van der Waals surface area contributed by atoms with Crippen LogP contribution in [0.1, 0.15) is 27.7 Å². The minimum Gasteiger partial charge on any atom is -0.310 e. The van der Waals surface area contributed by atoms with Gasteiger partial charge in [0, 0.05) is 0 Å². The zero-order valence-electron chi connectivity index (χ0n) is 15.1. The number of carbonyl (C=O) groups is 2. The predicted molar refractivity (Wildman–Crippen MR) is 97.1 cm³/mol. The molecule has 7 heteroatoms. The average Bonchev–Trinajstić information content (AvgIpc) is 2.57. The van der Waals surface area contributed by atoms with Gasteiger partial charge in [-0.2, -0.15) is 0 Å². The highest BCUT2D eigenvalue weighted by Crippen LogP contribution is 2.09. The first-order valence-corrected chi connectivity index (χ1v) is 8.53. The van der Waals surface area contributed by atoms with Crippen molar-refractivity contribution in [1.82, 2.24) is 14.8 Å². The Morgan fingerprint density at radius 3 is 1.54 bits per heavy atom. The Hall–Kier alpha value is -1.99. The molecule has 0 saturated carbocycles. The molecule has 0 aliphatic carbocycles. The van der Waals surface area contributed by atoms with Crippen molar-refractivity contribution in [2.75, 3.05) is 49.9 Å². The first-order chi connectivity index (χ1) is 11.5. The third-order valence-corrected chi connectivity index (χ3v) is 3.81. The van der Waals surface area contributed by atoms with Crippen molar-refractivity contribution >= 4 is 23.5 Å². The Kier molecular flexibility index (Phi) is 8.96. The van der Waals surface area contributed by atoms with Crippen LogP contribution in [0.5, 0.6) is 0 Å². The molecule has 24 heavy (non-hydrogen) atoms. The minimum atomic E-state index is -0.113. The summed E-state index contributed by atoms with van der Waals surface area (Å²) in [6.07, 6.45) is 0. The summed E-state index contributed by atoms with van der Waals surface area (Å²) in [5.41, 5.74) is 0. The molecule has 0 aliphatic rings. The van der Waals surface area contributed by atoms with Crippen LogP contribution in [0.25, 0.3) is 0 Å². The van der Waals surface area contributed by atoms with E-state index in [-0.39, 0.29) is 11.8 Å². The fraction of sp³-hybridized carbons (Fsp3) is 0.588. The number of pyridine rings is 1. The maximum atomic E-state index is 12.0. The molecule has 0 bridgehead atoms. The van der Waals surface area contributed by atoms with Crippen molar-refractivity contribution in [3.8, 4) is 0 Å². The van der Waals surface area contributed by atoms with Gasteiger partial charge in [0.15, 0.2) is 0 Å². The standard InChI is InChI=1S/C17H29N5O2/c1-5-21(6-2)12-16(23)19-14-10-9-11-15(18-14)20-17(24)13-22(7-3)8-4/h9-11H,5-8,12-13H2,1-4H3,(H2,18,19,20,23,24). The molecule has 2 N–H and O–H groups in total. The van der Waals surface area contributed by atoms with Gasteiger partial charge in [0.25, 0.3) is 0 Å². The number of anilines is 2. The van der Waals surface area contributed by atoms with E-state index in [2.05, 4.69) is 15.6 Å². The quantitative estimate of drug-likeness (QED) is 0.680. The second-order valence-electron chi connectivity index (χ2n) is 5.43. The molecule has 0 saturated heterocycles. The van der Waals surface area contributed by atoms with E-state index in [1.54, 1.807) is 18.2 Å². The van der Waals surface area contributed by atoms with Crippen molar-refractivity contribution in [1.29, 1.82) is 0 Å². The normalized spacial score (nSPS) is 10.9. The number of amides is 2. The summed E-state index contributed by atoms with van der Waals surface area (Å²) < 4.78 is 0. The van der Waals surface area contributed by atoms with Crippen LogP contribution in [-0.4, -0.2) is 65.9 Å². The smallest absolute Gasteiger partial charge is 0.239 e. The molecule has 1 heterocycles. The lowest BCUT2D eigenvalue weighted by atomic mass is 10.4. The van der Waals surface area contributed by atoms with Gasteiger partial charge in [0.05, 0.1) is 13.1 Å². The van der Waals surface area contributed by atoms with Gasteiger partial charge in [0.1, 0.15) is 11.6 Å². The summed E-state index contributed by atoms with van der Waals surface area (Å²) in [4.78, 5) is 32.3. The SMILES string of the molecule is CCN(CC)CC(=O)Nc1cccc(NC(=O)CN(CC)CC)n1. The molecule has 1 aromatic heterocycles. The zero-order chi connectivity index (χ0) is 17.9. The van der Waals surface area contributed by atoms with Crippen molar-refractivity contribution < 1.29 is 9.59 Å². The lowest BCUT2D eigenvalue weighted by Gasteiger charge is -2.18. The minimum absolute atomic E-state index is 0.113. The summed E-state index contributed by atoms with van der Waals surface area (Å²) in [5.74, 6) is 0.649. The molecule has 2 amide bonds. The van der Waals surface area contributed by atoms with E-state index in [9.17, 15) is 9.59 Å². The van der Waals surface area contributed by atoms with Crippen LogP contribution in [0.15, 0.2) is 18.2 Å². The largest absolute Gasteiger partial charge is 0.310 e. The van der Waals surface area contributed by atoms with Crippen LogP contribution < -0.4 is 10.6 Å². The number of rotatable bonds is 10. The first kappa shape index (κ1) is 20.1. The Bertz CT molecular complexity index is 484. The van der Waals surface area contributed by atoms with Crippen molar-refractivity contribution in [3.63, 3.8) is 0 Å². The summed E-state index contributed by atoms with van der Waals surface area (Å²) in [7, 11) is 0. The summed E-state index contributed by atoms with van der Waals surface area (Å²) >= 11 is 0. The van der Waals surface area contributed by atoms with Crippen LogP contribution in [0.3, 0.4) is 0 Å². The van der Waals surface area contributed by atoms with Crippen molar-refractivity contribution in [2.45, 2.75) is 27.7 Å². The molecule has 0 unspecified atom stereocenters. The van der Waals surface area contributed by atoms with Crippen LogP contribution in [0.4, 0.5) is 11.6 Å². The van der Waals surface area contributed by atoms with Crippen LogP contribution in [-0.2, 0) is 9.59 Å². The molecular formula is C17H29N5O2. The number of hydrogen-bond donors (Lipinski definition) is 2. The number of aromatic nitrogens is 1. The maximum absolute atomic E-state index is 12.0. The summed E-state index contributed by atoms with van der Waals surface area (Å²) in [6, 6.07) is 5.17. The van der Waals surface area contributed by atoms with Gasteiger partial charge in [-0.25, -0.2) is 4.98 Å². The Morgan fingerprint density at radius 1 is 0.833 bits per heavy atom. The second-order valence-corrected chi connectivity index (χ2v) is 5.43. The van der Waals surface area contributed by atoms with Gasteiger partial charge >= 0.3 is 0 Å². The fourth-order valence-corrected chi connectivity index (χ4v) is 2.24. The molecule has 7 nitrogen and oxygen atoms in total. The molecule has 0 spiro atoms. The third kappa shape index (κ3) is 7.06. The third-order valence-electron chi connectivity index (χ3n) is 3.81. The number of nitrogens with one attached hydrogen (secondary N) is 2. The zero-order valence-corrected chi connectivity index (χ0v) is 15.1. The van der Waals surface area contributed by atoms with Crippen LogP contribution in [0, 0.1) is 0 Å². The highest BCUT2D eigenvalue weighted by Gasteiger charge is 2.10. The molecule has 0 aliphatic heterocycles. The maximum Gasteiger partial charge on any atom is 0.239 e. The van der Waals surface area contributed by atoms with E-state index in [0.29, 0.717) is 24.7 Å². The first-order valence-electron chi connectivity index (χ1n) is 8.53. The predicted octanol–water partition coefficient (Wildman–Crippen LogP) is 1.64. The van der Waals surface area contributed by atoms with Gasteiger partial charge in [-0.15, -0.1) is 0 Å². The fourth-order valence-electron chi connectivity index (χ4n) is 2.24. The highest BCUT2D eigenvalue weighted by molar-refractivity contribution is 5.93. The molecule has 0 aromatic carbocycles. The van der Waals surface area contributed by atoms with Gasteiger partial charge in [-0.05, 0) is 38.3 Å². The molecule has 134 valence electrons. The summed E-state index contributed by atoms with van der Waals surface area (Å²) in [6.45, 7) is 12.0. The Labute approximate surface area is 144 Å². The van der Waals surface area contributed by atoms with Crippen molar-refractivity contribution in [2.24, 2.45) is 0 Å². The number of nitrogens with zero attached hydrogens (tertiary/aromatic N) is 3. The lowest BCUT2D eigenvalue weighted by molar-refractivity contribution is -0.118. The topological polar surface area (TPSA) is 77.6 Å². The van der Waals surface area contributed by atoms with E-state index < -0.39 is 0 Å². The number of carbonyl (C=O) groups excluding carboxylic acids is 2. The summed E-state index contributed by atoms with van der Waals surface area (Å²) in [5, 5.41) is 5.53. The van der Waals surface area contributed by atoms with Gasteiger partial charge in [-0.1, -0.05) is 33.8 Å². The van der Waals surface area contributed by atoms with E-state index >= 15 is 0 Å². The van der Waals surface area contributed by atoms with Gasteiger partial charge < -0.3 is 10.6 Å². The Morgan fingerprint density at radius 2 is 1.21 bits per heavy atom.